The molecule has 7 rings (SSSR count). The molecule has 4 aliphatic rings. The molecule has 3 aromatic carbocycles. The Balaban J connectivity index is 1.32. The maximum atomic E-state index is 3.93. The Labute approximate surface area is 172 Å². The van der Waals surface area contributed by atoms with Crippen LogP contribution in [0.3, 0.4) is 0 Å². The number of benzene rings is 3. The zero-order chi connectivity index (χ0) is 19.0. The number of likely N-dealkylation sites (tertiary alicyclic amines) is 1. The van der Waals surface area contributed by atoms with Crippen molar-refractivity contribution in [1.29, 1.82) is 0 Å². The minimum Gasteiger partial charge on any atom is -0.368 e. The second kappa shape index (κ2) is 5.71. The lowest BCUT2D eigenvalue weighted by Crippen LogP contribution is -2.48. The summed E-state index contributed by atoms with van der Waals surface area (Å²) in [6.07, 6.45) is 1.66. The van der Waals surface area contributed by atoms with E-state index in [0.29, 0.717) is 24.3 Å². The van der Waals surface area contributed by atoms with E-state index in [2.05, 4.69) is 100 Å². The van der Waals surface area contributed by atoms with Crippen molar-refractivity contribution >= 4 is 5.69 Å². The van der Waals surface area contributed by atoms with Gasteiger partial charge in [0.25, 0.3) is 0 Å². The van der Waals surface area contributed by atoms with E-state index >= 15 is 0 Å². The molecule has 4 unspecified atom stereocenters. The van der Waals surface area contributed by atoms with Crippen molar-refractivity contribution < 1.29 is 0 Å². The van der Waals surface area contributed by atoms with Crippen LogP contribution in [0, 0.1) is 0 Å². The normalized spacial score (nSPS) is 36.1. The van der Waals surface area contributed by atoms with Gasteiger partial charge in [0, 0.05) is 29.7 Å². The molecule has 0 amide bonds. The summed E-state index contributed by atoms with van der Waals surface area (Å²) in [5.41, 5.74) is 6.01. The van der Waals surface area contributed by atoms with E-state index in [4.69, 9.17) is 0 Å². The number of hydrogen-bond acceptors (Lipinski definition) is 3. The van der Waals surface area contributed by atoms with E-state index in [1.54, 1.807) is 5.56 Å². The molecule has 0 saturated carbocycles. The lowest BCUT2D eigenvalue weighted by atomic mass is 9.73. The van der Waals surface area contributed by atoms with Crippen LogP contribution in [0.25, 0.3) is 0 Å². The van der Waals surface area contributed by atoms with Gasteiger partial charge in [0.1, 0.15) is 0 Å². The Morgan fingerprint density at radius 2 is 1.59 bits per heavy atom. The third-order valence-corrected chi connectivity index (χ3v) is 7.83. The molecule has 3 fully saturated rings. The van der Waals surface area contributed by atoms with E-state index in [-0.39, 0.29) is 5.41 Å². The molecule has 0 aromatic heterocycles. The monoisotopic (exact) mass is 379 g/mol. The van der Waals surface area contributed by atoms with Crippen molar-refractivity contribution in [2.45, 2.75) is 42.7 Å². The molecule has 3 heteroatoms. The fourth-order valence-corrected chi connectivity index (χ4v) is 6.78. The molecule has 1 spiro atoms. The molecule has 4 aliphatic heterocycles. The summed E-state index contributed by atoms with van der Waals surface area (Å²) in [7, 11) is 0. The van der Waals surface area contributed by atoms with Crippen molar-refractivity contribution in [1.82, 2.24) is 9.80 Å². The average molecular weight is 380 g/mol. The molecule has 29 heavy (non-hydrogen) atoms. The van der Waals surface area contributed by atoms with Gasteiger partial charge in [0.05, 0.1) is 12.2 Å². The molecular formula is C26H25N3. The van der Waals surface area contributed by atoms with Crippen LogP contribution >= 0.6 is 0 Å². The summed E-state index contributed by atoms with van der Waals surface area (Å²) in [5.74, 6) is 0. The molecule has 0 radical (unpaired) electrons. The maximum absolute atomic E-state index is 3.93. The van der Waals surface area contributed by atoms with Crippen molar-refractivity contribution in [2.75, 3.05) is 11.9 Å². The number of piperidine rings is 1. The Bertz CT molecular complexity index is 1070. The average Bonchev–Trinajstić information content (AvgIpc) is 3.08. The molecule has 0 bridgehead atoms. The van der Waals surface area contributed by atoms with Crippen molar-refractivity contribution in [3.63, 3.8) is 0 Å². The minimum atomic E-state index is 0.224. The number of nitrogens with one attached hydrogen (secondary N) is 1. The first kappa shape index (κ1) is 16.2. The first-order valence-electron chi connectivity index (χ1n) is 10.8. The molecule has 3 nitrogen and oxygen atoms in total. The lowest BCUT2D eigenvalue weighted by molar-refractivity contribution is 0.206. The van der Waals surface area contributed by atoms with Crippen LogP contribution in [0.4, 0.5) is 5.69 Å². The smallest absolute Gasteiger partial charge is 0.0918 e. The van der Waals surface area contributed by atoms with Gasteiger partial charge in [-0.05, 0) is 35.7 Å². The number of para-hydroxylation sites is 1. The van der Waals surface area contributed by atoms with Gasteiger partial charge in [-0.15, -0.1) is 0 Å². The van der Waals surface area contributed by atoms with E-state index in [0.717, 1.165) is 6.54 Å². The topological polar surface area (TPSA) is 18.3 Å². The minimum absolute atomic E-state index is 0.224. The van der Waals surface area contributed by atoms with Crippen LogP contribution in [0.2, 0.25) is 0 Å². The quantitative estimate of drug-likeness (QED) is 0.681. The molecule has 1 N–H and O–H groups in total. The summed E-state index contributed by atoms with van der Waals surface area (Å²) >= 11 is 0. The molecular weight excluding hydrogens is 354 g/mol. The third-order valence-electron chi connectivity index (χ3n) is 7.83. The second-order valence-electron chi connectivity index (χ2n) is 9.08. The van der Waals surface area contributed by atoms with Crippen LogP contribution in [-0.2, 0) is 12.0 Å². The Morgan fingerprint density at radius 3 is 2.41 bits per heavy atom. The van der Waals surface area contributed by atoms with Gasteiger partial charge >= 0.3 is 0 Å². The predicted octanol–water partition coefficient (Wildman–Crippen LogP) is 4.39. The first-order valence-corrected chi connectivity index (χ1v) is 10.8. The highest BCUT2D eigenvalue weighted by atomic mass is 15.5. The fourth-order valence-electron chi connectivity index (χ4n) is 6.78. The zero-order valence-corrected chi connectivity index (χ0v) is 16.4. The maximum Gasteiger partial charge on any atom is 0.0918 e. The van der Waals surface area contributed by atoms with Gasteiger partial charge in [-0.2, -0.15) is 0 Å². The number of anilines is 1. The van der Waals surface area contributed by atoms with Crippen molar-refractivity contribution in [3.05, 3.63) is 102 Å². The van der Waals surface area contributed by atoms with Crippen LogP contribution in [0.5, 0.6) is 0 Å². The molecule has 0 aliphatic carbocycles. The summed E-state index contributed by atoms with van der Waals surface area (Å²) in [4.78, 5) is 5.54. The molecule has 3 saturated heterocycles. The van der Waals surface area contributed by atoms with Gasteiger partial charge in [-0.25, -0.2) is 0 Å². The van der Waals surface area contributed by atoms with Crippen LogP contribution in [0.15, 0.2) is 84.9 Å². The molecule has 6 atom stereocenters. The largest absolute Gasteiger partial charge is 0.368 e. The van der Waals surface area contributed by atoms with Gasteiger partial charge in [0.2, 0.25) is 0 Å². The molecule has 144 valence electrons. The Kier molecular flexibility index (Phi) is 3.19. The van der Waals surface area contributed by atoms with Crippen molar-refractivity contribution in [2.24, 2.45) is 0 Å². The standard InChI is InChI=1S/C26H25N3/c1-3-9-18(10-4-1)17-28-16-15-26-20-13-7-8-14-21(20)27-25(26)29-22(23(29)24(26)28)19-11-5-2-6-12-19/h1-14,22-25,27H,15-17H2/t22?,23-,24?,25-,26?,29?/m1/s1. The van der Waals surface area contributed by atoms with Gasteiger partial charge in [-0.3, -0.25) is 9.80 Å². The van der Waals surface area contributed by atoms with E-state index in [1.165, 1.54) is 29.8 Å². The molecule has 3 aromatic rings. The zero-order valence-electron chi connectivity index (χ0n) is 16.4. The van der Waals surface area contributed by atoms with Gasteiger partial charge in [0.15, 0.2) is 0 Å². The number of hydrogen-bond donors (Lipinski definition) is 1. The summed E-state index contributed by atoms with van der Waals surface area (Å²) in [6, 6.07) is 32.9. The highest BCUT2D eigenvalue weighted by molar-refractivity contribution is 5.66. The number of fused-ring (bicyclic) bond motifs is 4. The summed E-state index contributed by atoms with van der Waals surface area (Å²) in [6.45, 7) is 2.23. The van der Waals surface area contributed by atoms with Gasteiger partial charge < -0.3 is 5.32 Å². The second-order valence-corrected chi connectivity index (χ2v) is 9.08. The highest BCUT2D eigenvalue weighted by Gasteiger charge is 2.76. The first-order chi connectivity index (χ1) is 14.4. The highest BCUT2D eigenvalue weighted by Crippen LogP contribution is 2.67. The Morgan fingerprint density at radius 1 is 0.862 bits per heavy atom. The SMILES string of the molecule is c1ccc(CN2CCC34c5ccccc5N[C@@H]3N3C(c5ccccc5)[C@@H]3C24)cc1. The van der Waals surface area contributed by atoms with Crippen LogP contribution < -0.4 is 5.32 Å². The van der Waals surface area contributed by atoms with Crippen molar-refractivity contribution in [3.8, 4) is 0 Å². The predicted molar refractivity (Wildman–Crippen MR) is 116 cm³/mol. The third kappa shape index (κ3) is 2.04. The molecule has 4 heterocycles. The van der Waals surface area contributed by atoms with Gasteiger partial charge in [-0.1, -0.05) is 78.9 Å². The van der Waals surface area contributed by atoms with Crippen LogP contribution in [-0.4, -0.2) is 34.6 Å². The van der Waals surface area contributed by atoms with E-state index < -0.39 is 0 Å². The number of rotatable bonds is 3. The van der Waals surface area contributed by atoms with E-state index in [1.807, 2.05) is 0 Å². The summed E-state index contributed by atoms with van der Waals surface area (Å²) in [5, 5.41) is 3.93. The van der Waals surface area contributed by atoms with Crippen LogP contribution in [0.1, 0.15) is 29.2 Å². The Hall–Kier alpha value is -2.62. The van der Waals surface area contributed by atoms with E-state index in [9.17, 15) is 0 Å². The number of nitrogens with zero attached hydrogens (tertiary/aromatic N) is 2. The lowest BCUT2D eigenvalue weighted by Gasteiger charge is -2.36. The fraction of sp³-hybridized carbons (Fsp3) is 0.308. The summed E-state index contributed by atoms with van der Waals surface area (Å²) < 4.78 is 0.